The lowest BCUT2D eigenvalue weighted by Gasteiger charge is -2.00. The second-order valence-electron chi connectivity index (χ2n) is 2.29. The maximum Gasteiger partial charge on any atom is 0.272 e. The number of alkyl halides is 1. The van der Waals surface area contributed by atoms with E-state index in [1.807, 2.05) is 0 Å². The monoisotopic (exact) mass is 267 g/mol. The molecule has 0 spiro atoms. The van der Waals surface area contributed by atoms with Crippen LogP contribution in [0.15, 0.2) is 16.6 Å². The van der Waals surface area contributed by atoms with Gasteiger partial charge in [-0.15, -0.1) is 11.6 Å². The molecule has 1 aromatic rings. The van der Waals surface area contributed by atoms with Gasteiger partial charge in [0.1, 0.15) is 5.82 Å². The second kappa shape index (κ2) is 4.02. The van der Waals surface area contributed by atoms with E-state index in [9.17, 15) is 14.5 Å². The van der Waals surface area contributed by atoms with Crippen LogP contribution in [-0.4, -0.2) is 4.92 Å². The lowest BCUT2D eigenvalue weighted by Crippen LogP contribution is -1.93. The summed E-state index contributed by atoms with van der Waals surface area (Å²) in [5.74, 6) is -0.649. The van der Waals surface area contributed by atoms with E-state index in [1.165, 1.54) is 6.07 Å². The minimum absolute atomic E-state index is 0.0270. The normalized spacial score (nSPS) is 10.1. The Hall–Kier alpha value is -0.680. The highest BCUT2D eigenvalue weighted by molar-refractivity contribution is 9.10. The van der Waals surface area contributed by atoms with Gasteiger partial charge in [-0.05, 0) is 21.5 Å². The molecule has 0 amide bonds. The zero-order valence-electron chi connectivity index (χ0n) is 6.26. The molecule has 0 N–H and O–H groups in total. The van der Waals surface area contributed by atoms with E-state index in [4.69, 9.17) is 11.6 Å². The van der Waals surface area contributed by atoms with Crippen LogP contribution in [0, 0.1) is 15.9 Å². The van der Waals surface area contributed by atoms with E-state index >= 15 is 0 Å². The summed E-state index contributed by atoms with van der Waals surface area (Å²) in [5, 5.41) is 10.3. The molecular formula is C7H4BrClFNO2. The number of benzene rings is 1. The third kappa shape index (κ3) is 2.16. The van der Waals surface area contributed by atoms with Crippen molar-refractivity contribution in [2.45, 2.75) is 5.88 Å². The molecule has 0 aliphatic carbocycles. The zero-order chi connectivity index (χ0) is 10.0. The second-order valence-corrected chi connectivity index (χ2v) is 3.35. The van der Waals surface area contributed by atoms with Crippen LogP contribution in [0.2, 0.25) is 0 Å². The van der Waals surface area contributed by atoms with E-state index in [1.54, 1.807) is 0 Å². The van der Waals surface area contributed by atoms with Crippen LogP contribution in [0.5, 0.6) is 0 Å². The van der Waals surface area contributed by atoms with Crippen molar-refractivity contribution >= 4 is 33.2 Å². The molecule has 0 aliphatic heterocycles. The number of non-ortho nitro benzene ring substituents is 1. The highest BCUT2D eigenvalue weighted by Crippen LogP contribution is 2.27. The molecule has 0 heterocycles. The molecular weight excluding hydrogens is 264 g/mol. The van der Waals surface area contributed by atoms with Crippen LogP contribution < -0.4 is 0 Å². The van der Waals surface area contributed by atoms with Crippen molar-refractivity contribution < 1.29 is 9.31 Å². The zero-order valence-corrected chi connectivity index (χ0v) is 8.60. The SMILES string of the molecule is O=[N+]([O-])c1cc(F)c(Br)c(CCl)c1. The lowest BCUT2D eigenvalue weighted by molar-refractivity contribution is -0.385. The molecule has 3 nitrogen and oxygen atoms in total. The average molecular weight is 268 g/mol. The molecule has 70 valence electrons. The minimum Gasteiger partial charge on any atom is -0.258 e. The summed E-state index contributed by atoms with van der Waals surface area (Å²) in [6, 6.07) is 2.08. The van der Waals surface area contributed by atoms with E-state index < -0.39 is 10.7 Å². The average Bonchev–Trinajstić information content (AvgIpc) is 2.09. The van der Waals surface area contributed by atoms with Crippen LogP contribution in [0.4, 0.5) is 10.1 Å². The molecule has 0 bridgehead atoms. The third-order valence-electron chi connectivity index (χ3n) is 1.44. The number of nitro groups is 1. The Balaban J connectivity index is 3.30. The summed E-state index contributed by atoms with van der Waals surface area (Å²) in [5.41, 5.74) is 0.0738. The Labute approximate surface area is 86.8 Å². The molecule has 13 heavy (non-hydrogen) atoms. The Bertz CT molecular complexity index is 359. The first-order valence-corrected chi connectivity index (χ1v) is 4.57. The van der Waals surface area contributed by atoms with Crippen molar-refractivity contribution in [1.82, 2.24) is 0 Å². The van der Waals surface area contributed by atoms with Crippen LogP contribution in [-0.2, 0) is 5.88 Å². The predicted molar refractivity (Wildman–Crippen MR) is 50.3 cm³/mol. The standard InChI is InChI=1S/C7H4BrClFNO2/c8-7-4(3-9)1-5(11(12)13)2-6(7)10/h1-2H,3H2. The molecule has 0 saturated carbocycles. The minimum atomic E-state index is -0.676. The molecule has 0 aromatic heterocycles. The molecule has 1 rings (SSSR count). The fourth-order valence-corrected chi connectivity index (χ4v) is 1.57. The molecule has 0 aliphatic rings. The van der Waals surface area contributed by atoms with Gasteiger partial charge in [0.15, 0.2) is 0 Å². The number of nitrogens with zero attached hydrogens (tertiary/aromatic N) is 1. The van der Waals surface area contributed by atoms with Gasteiger partial charge >= 0.3 is 0 Å². The molecule has 0 unspecified atom stereocenters. The van der Waals surface area contributed by atoms with Crippen molar-refractivity contribution in [3.8, 4) is 0 Å². The highest BCUT2D eigenvalue weighted by atomic mass is 79.9. The maximum absolute atomic E-state index is 13.0. The Morgan fingerprint density at radius 3 is 2.69 bits per heavy atom. The van der Waals surface area contributed by atoms with Crippen LogP contribution in [0.25, 0.3) is 0 Å². The summed E-state index contributed by atoms with van der Waals surface area (Å²) < 4.78 is 13.2. The first kappa shape index (κ1) is 10.4. The third-order valence-corrected chi connectivity index (χ3v) is 2.62. The van der Waals surface area contributed by atoms with Crippen molar-refractivity contribution in [2.75, 3.05) is 0 Å². The fourth-order valence-electron chi connectivity index (χ4n) is 0.833. The molecule has 6 heteroatoms. The molecule has 0 fully saturated rings. The van der Waals surface area contributed by atoms with Gasteiger partial charge in [-0.3, -0.25) is 10.1 Å². The molecule has 0 saturated heterocycles. The largest absolute Gasteiger partial charge is 0.272 e. The van der Waals surface area contributed by atoms with Gasteiger partial charge < -0.3 is 0 Å². The number of rotatable bonds is 2. The maximum atomic E-state index is 13.0. The predicted octanol–water partition coefficient (Wildman–Crippen LogP) is 3.24. The van der Waals surface area contributed by atoms with Crippen molar-refractivity contribution in [2.24, 2.45) is 0 Å². The Morgan fingerprint density at radius 1 is 1.62 bits per heavy atom. The van der Waals surface area contributed by atoms with E-state index in [-0.39, 0.29) is 16.0 Å². The van der Waals surface area contributed by atoms with Gasteiger partial charge in [0.25, 0.3) is 5.69 Å². The summed E-state index contributed by atoms with van der Waals surface area (Å²) in [7, 11) is 0. The Morgan fingerprint density at radius 2 is 2.23 bits per heavy atom. The summed E-state index contributed by atoms with van der Waals surface area (Å²) >= 11 is 8.40. The summed E-state index contributed by atoms with van der Waals surface area (Å²) in [6.45, 7) is 0. The Kier molecular flexibility index (Phi) is 3.22. The highest BCUT2D eigenvalue weighted by Gasteiger charge is 2.13. The smallest absolute Gasteiger partial charge is 0.258 e. The molecule has 0 atom stereocenters. The fraction of sp³-hybridized carbons (Fsp3) is 0.143. The first-order valence-electron chi connectivity index (χ1n) is 3.24. The van der Waals surface area contributed by atoms with Gasteiger partial charge in [-0.25, -0.2) is 4.39 Å². The van der Waals surface area contributed by atoms with Crippen molar-refractivity contribution in [3.05, 3.63) is 38.1 Å². The topological polar surface area (TPSA) is 43.1 Å². The number of hydrogen-bond acceptors (Lipinski definition) is 2. The number of halogens is 3. The van der Waals surface area contributed by atoms with Gasteiger partial charge in [0.05, 0.1) is 15.5 Å². The quantitative estimate of drug-likeness (QED) is 0.469. The first-order chi connectivity index (χ1) is 6.06. The van der Waals surface area contributed by atoms with Crippen molar-refractivity contribution in [1.29, 1.82) is 0 Å². The summed E-state index contributed by atoms with van der Waals surface area (Å²) in [4.78, 5) is 9.65. The van der Waals surface area contributed by atoms with E-state index in [0.717, 1.165) is 6.07 Å². The van der Waals surface area contributed by atoms with E-state index in [2.05, 4.69) is 15.9 Å². The lowest BCUT2D eigenvalue weighted by atomic mass is 10.2. The molecule has 0 radical (unpaired) electrons. The van der Waals surface area contributed by atoms with Crippen LogP contribution >= 0.6 is 27.5 Å². The van der Waals surface area contributed by atoms with Gasteiger partial charge in [-0.1, -0.05) is 0 Å². The van der Waals surface area contributed by atoms with Gasteiger partial charge in [-0.2, -0.15) is 0 Å². The van der Waals surface area contributed by atoms with Crippen LogP contribution in [0.3, 0.4) is 0 Å². The molecule has 1 aromatic carbocycles. The van der Waals surface area contributed by atoms with Crippen LogP contribution in [0.1, 0.15) is 5.56 Å². The number of hydrogen-bond donors (Lipinski definition) is 0. The van der Waals surface area contributed by atoms with Gasteiger partial charge in [0.2, 0.25) is 0 Å². The van der Waals surface area contributed by atoms with Crippen molar-refractivity contribution in [3.63, 3.8) is 0 Å². The number of nitro benzene ring substituents is 1. The van der Waals surface area contributed by atoms with E-state index in [0.29, 0.717) is 5.56 Å². The summed E-state index contributed by atoms with van der Waals surface area (Å²) in [6.07, 6.45) is 0. The van der Waals surface area contributed by atoms with Gasteiger partial charge in [0, 0.05) is 11.9 Å².